The van der Waals surface area contributed by atoms with Gasteiger partial charge in [-0.25, -0.2) is 0 Å². The molecule has 2 rings (SSSR count). The highest BCUT2D eigenvalue weighted by atomic mass is 28.4. The average molecular weight is 261 g/mol. The van der Waals surface area contributed by atoms with Crippen molar-refractivity contribution in [1.29, 1.82) is 0 Å². The van der Waals surface area contributed by atoms with Gasteiger partial charge in [0.1, 0.15) is 5.75 Å². The molecule has 0 heterocycles. The summed E-state index contributed by atoms with van der Waals surface area (Å²) in [7, 11) is -1.90. The van der Waals surface area contributed by atoms with Crippen molar-refractivity contribution in [3.63, 3.8) is 0 Å². The molecule has 0 spiro atoms. The molecule has 0 aromatic heterocycles. The molecule has 0 aliphatic heterocycles. The van der Waals surface area contributed by atoms with E-state index >= 15 is 0 Å². The third-order valence-corrected chi connectivity index (χ3v) is 4.91. The topological polar surface area (TPSA) is 21.3 Å². The van der Waals surface area contributed by atoms with Crippen LogP contribution in [0.4, 0.5) is 0 Å². The Morgan fingerprint density at radius 3 is 2.61 bits per heavy atom. The second kappa shape index (κ2) is 4.56. The van der Waals surface area contributed by atoms with Crippen LogP contribution in [0.1, 0.15) is 31.9 Å². The minimum absolute atomic E-state index is 0.0892. The van der Waals surface area contributed by atoms with Crippen LogP contribution in [0.2, 0.25) is 13.1 Å². The lowest BCUT2D eigenvalue weighted by molar-refractivity contribution is 0.443. The van der Waals surface area contributed by atoms with E-state index in [0.717, 1.165) is 12.2 Å². The smallest absolute Gasteiger partial charge is 0.322 e. The Hall–Kier alpha value is -1.06. The van der Waals surface area contributed by atoms with Crippen LogP contribution >= 0.6 is 0 Å². The fraction of sp³-hybridized carbons (Fsp3) is 0.467. The molecular weight excluding hydrogens is 238 g/mol. The Kier molecular flexibility index (Phi) is 3.38. The number of benzene rings is 1. The molecule has 0 fully saturated rings. The zero-order chi connectivity index (χ0) is 13.4. The van der Waals surface area contributed by atoms with Crippen molar-refractivity contribution in [2.45, 2.75) is 45.8 Å². The summed E-state index contributed by atoms with van der Waals surface area (Å²) in [4.78, 5) is 3.63. The summed E-state index contributed by atoms with van der Waals surface area (Å²) in [6.45, 7) is 11.0. The fourth-order valence-corrected chi connectivity index (χ4v) is 5.16. The summed E-state index contributed by atoms with van der Waals surface area (Å²) in [5.74, 6) is 1.05. The van der Waals surface area contributed by atoms with Gasteiger partial charge >= 0.3 is 8.48 Å². The predicted octanol–water partition coefficient (Wildman–Crippen LogP) is 3.72. The summed E-state index contributed by atoms with van der Waals surface area (Å²) < 4.78 is 6.31. The van der Waals surface area contributed by atoms with Crippen LogP contribution in [0.3, 0.4) is 0 Å². The number of nitrogens with one attached hydrogen (secondary N) is 1. The van der Waals surface area contributed by atoms with Gasteiger partial charge in [0, 0.05) is 11.1 Å². The Morgan fingerprint density at radius 1 is 1.22 bits per heavy atom. The monoisotopic (exact) mass is 261 g/mol. The lowest BCUT2D eigenvalue weighted by atomic mass is 10.1. The van der Waals surface area contributed by atoms with Crippen molar-refractivity contribution < 1.29 is 4.43 Å². The molecular formula is C15H23NOSi. The van der Waals surface area contributed by atoms with E-state index in [9.17, 15) is 0 Å². The minimum atomic E-state index is -1.90. The molecule has 0 unspecified atom stereocenters. The van der Waals surface area contributed by atoms with Crippen LogP contribution < -0.4 is 9.41 Å². The van der Waals surface area contributed by atoms with Crippen LogP contribution in [0.25, 0.3) is 6.08 Å². The molecule has 2 nitrogen and oxygen atoms in total. The molecule has 1 aliphatic rings. The van der Waals surface area contributed by atoms with E-state index < -0.39 is 8.48 Å². The molecule has 1 aliphatic carbocycles. The van der Waals surface area contributed by atoms with Crippen molar-refractivity contribution >= 4 is 14.6 Å². The predicted molar refractivity (Wildman–Crippen MR) is 80.2 cm³/mol. The summed E-state index contributed by atoms with van der Waals surface area (Å²) in [5, 5.41) is 0. The van der Waals surface area contributed by atoms with Gasteiger partial charge in [-0.05, 0) is 51.9 Å². The Morgan fingerprint density at radius 2 is 1.94 bits per heavy atom. The van der Waals surface area contributed by atoms with Gasteiger partial charge in [0.15, 0.2) is 0 Å². The molecule has 0 radical (unpaired) electrons. The average Bonchev–Trinajstić information content (AvgIpc) is 2.61. The van der Waals surface area contributed by atoms with E-state index in [1.165, 1.54) is 11.1 Å². The first-order chi connectivity index (χ1) is 8.27. The number of allylic oxidation sites excluding steroid dienone is 1. The highest BCUT2D eigenvalue weighted by Gasteiger charge is 2.31. The van der Waals surface area contributed by atoms with Crippen molar-refractivity contribution in [2.24, 2.45) is 0 Å². The molecule has 3 heteroatoms. The Bertz CT molecular complexity index is 472. The summed E-state index contributed by atoms with van der Waals surface area (Å²) in [6.07, 6.45) is 5.36. The maximum Gasteiger partial charge on any atom is 0.322 e. The first-order valence-corrected chi connectivity index (χ1v) is 9.44. The zero-order valence-electron chi connectivity index (χ0n) is 12.0. The van der Waals surface area contributed by atoms with Gasteiger partial charge in [0.2, 0.25) is 0 Å². The van der Waals surface area contributed by atoms with Gasteiger partial charge in [0.25, 0.3) is 0 Å². The maximum absolute atomic E-state index is 6.31. The normalized spacial score (nSPS) is 14.7. The Labute approximate surface area is 111 Å². The fourth-order valence-electron chi connectivity index (χ4n) is 2.56. The minimum Gasteiger partial charge on any atom is -0.530 e. The lowest BCUT2D eigenvalue weighted by Crippen LogP contribution is -2.58. The van der Waals surface area contributed by atoms with E-state index in [0.29, 0.717) is 0 Å². The number of fused-ring (bicyclic) bond motifs is 1. The van der Waals surface area contributed by atoms with Gasteiger partial charge < -0.3 is 9.41 Å². The molecule has 0 atom stereocenters. The van der Waals surface area contributed by atoms with Gasteiger partial charge in [0.05, 0.1) is 0 Å². The molecule has 1 N–H and O–H groups in total. The first kappa shape index (κ1) is 13.4. The molecule has 1 aromatic carbocycles. The van der Waals surface area contributed by atoms with E-state index in [2.05, 4.69) is 69.2 Å². The van der Waals surface area contributed by atoms with Crippen LogP contribution in [-0.4, -0.2) is 14.0 Å². The third-order valence-electron chi connectivity index (χ3n) is 2.83. The molecule has 18 heavy (non-hydrogen) atoms. The van der Waals surface area contributed by atoms with E-state index in [1.54, 1.807) is 0 Å². The quantitative estimate of drug-likeness (QED) is 0.837. The maximum atomic E-state index is 6.31. The first-order valence-electron chi connectivity index (χ1n) is 6.54. The largest absolute Gasteiger partial charge is 0.530 e. The van der Waals surface area contributed by atoms with Crippen molar-refractivity contribution in [2.75, 3.05) is 0 Å². The van der Waals surface area contributed by atoms with Gasteiger partial charge in [-0.3, -0.25) is 0 Å². The highest BCUT2D eigenvalue weighted by molar-refractivity contribution is 6.69. The molecule has 98 valence electrons. The molecule has 0 saturated heterocycles. The third kappa shape index (κ3) is 3.24. The van der Waals surface area contributed by atoms with E-state index in [1.807, 2.05) is 0 Å². The molecule has 1 aromatic rings. The summed E-state index contributed by atoms with van der Waals surface area (Å²) >= 11 is 0. The standard InChI is InChI=1S/C15H23NOSi/c1-15(2,3)16-18(4,5)17-14-11-7-9-12-8-6-10-13(12)14/h6-9,11,16H,10H2,1-5H3. The molecule has 0 bridgehead atoms. The van der Waals surface area contributed by atoms with Gasteiger partial charge in [-0.1, -0.05) is 24.3 Å². The molecule has 0 saturated carbocycles. The number of rotatable bonds is 3. The van der Waals surface area contributed by atoms with Crippen LogP contribution in [0.5, 0.6) is 5.75 Å². The van der Waals surface area contributed by atoms with Crippen LogP contribution in [0, 0.1) is 0 Å². The van der Waals surface area contributed by atoms with Crippen molar-refractivity contribution in [1.82, 2.24) is 4.98 Å². The van der Waals surface area contributed by atoms with Crippen LogP contribution in [-0.2, 0) is 6.42 Å². The second-order valence-corrected chi connectivity index (χ2v) is 9.89. The zero-order valence-corrected chi connectivity index (χ0v) is 13.0. The lowest BCUT2D eigenvalue weighted by Gasteiger charge is -2.33. The second-order valence-electron chi connectivity index (χ2n) is 6.42. The molecule has 0 amide bonds. The van der Waals surface area contributed by atoms with E-state index in [4.69, 9.17) is 4.43 Å². The number of hydrogen-bond donors (Lipinski definition) is 1. The van der Waals surface area contributed by atoms with E-state index in [-0.39, 0.29) is 5.54 Å². The SMILES string of the molecule is CC(C)(C)N[Si](C)(C)Oc1cccc2c1CC=C2. The van der Waals surface area contributed by atoms with Crippen LogP contribution in [0.15, 0.2) is 24.3 Å². The Balaban J connectivity index is 2.18. The summed E-state index contributed by atoms with van der Waals surface area (Å²) in [6, 6.07) is 6.31. The van der Waals surface area contributed by atoms with Gasteiger partial charge in [-0.15, -0.1) is 0 Å². The van der Waals surface area contributed by atoms with Crippen molar-refractivity contribution in [3.05, 3.63) is 35.4 Å². The highest BCUT2D eigenvalue weighted by Crippen LogP contribution is 2.30. The number of hydrogen-bond acceptors (Lipinski definition) is 2. The van der Waals surface area contributed by atoms with Gasteiger partial charge in [-0.2, -0.15) is 0 Å². The summed E-state index contributed by atoms with van der Waals surface area (Å²) in [5.41, 5.74) is 2.72. The van der Waals surface area contributed by atoms with Crippen molar-refractivity contribution in [3.8, 4) is 5.75 Å².